The van der Waals surface area contributed by atoms with Crippen LogP contribution in [0.5, 0.6) is 5.75 Å². The molecule has 3 rings (SSSR count). The van der Waals surface area contributed by atoms with E-state index >= 15 is 0 Å². The molecule has 0 radical (unpaired) electrons. The number of nitro groups is 1. The number of methoxy groups -OCH3 is 1. The Morgan fingerprint density at radius 2 is 1.93 bits per heavy atom. The molecule has 0 unspecified atom stereocenters. The largest absolute Gasteiger partial charge is 0.495 e. The molecule has 0 atom stereocenters. The first-order valence-electron chi connectivity index (χ1n) is 8.88. The summed E-state index contributed by atoms with van der Waals surface area (Å²) in [7, 11) is 1.46. The van der Waals surface area contributed by atoms with Crippen LogP contribution in [-0.2, 0) is 4.79 Å². The van der Waals surface area contributed by atoms with Gasteiger partial charge in [-0.1, -0.05) is 18.2 Å². The summed E-state index contributed by atoms with van der Waals surface area (Å²) in [6.45, 7) is 3.60. The van der Waals surface area contributed by atoms with Gasteiger partial charge in [0.1, 0.15) is 5.75 Å². The zero-order valence-electron chi connectivity index (χ0n) is 16.3. The lowest BCUT2D eigenvalue weighted by Crippen LogP contribution is -2.22. The van der Waals surface area contributed by atoms with Crippen LogP contribution in [0.25, 0.3) is 5.69 Å². The molecular weight excluding hydrogens is 374 g/mol. The van der Waals surface area contributed by atoms with Crippen molar-refractivity contribution in [3.05, 3.63) is 70.0 Å². The minimum Gasteiger partial charge on any atom is -0.495 e. The predicted octanol–water partition coefficient (Wildman–Crippen LogP) is 3.46. The molecule has 0 aliphatic rings. The number of non-ortho nitro benzene ring substituents is 1. The first-order chi connectivity index (χ1) is 13.9. The molecule has 1 aromatic heterocycles. The zero-order valence-corrected chi connectivity index (χ0v) is 16.3. The van der Waals surface area contributed by atoms with Crippen LogP contribution in [0.1, 0.15) is 11.4 Å². The molecule has 3 aromatic rings. The summed E-state index contributed by atoms with van der Waals surface area (Å²) >= 11 is 0. The zero-order chi connectivity index (χ0) is 21.0. The van der Waals surface area contributed by atoms with Crippen LogP contribution < -0.4 is 15.4 Å². The highest BCUT2D eigenvalue weighted by atomic mass is 16.6. The van der Waals surface area contributed by atoms with Crippen LogP contribution >= 0.6 is 0 Å². The van der Waals surface area contributed by atoms with Gasteiger partial charge in [-0.2, -0.15) is 5.10 Å². The number of aromatic nitrogens is 2. The molecule has 0 aliphatic heterocycles. The van der Waals surface area contributed by atoms with Gasteiger partial charge in [-0.05, 0) is 32.0 Å². The summed E-state index contributed by atoms with van der Waals surface area (Å²) in [4.78, 5) is 22.9. The second kappa shape index (κ2) is 8.42. The van der Waals surface area contributed by atoms with Crippen LogP contribution in [0.3, 0.4) is 0 Å². The molecule has 1 amide bonds. The number of ether oxygens (including phenoxy) is 1. The smallest absolute Gasteiger partial charge is 0.271 e. The fraction of sp³-hybridized carbons (Fsp3) is 0.200. The number of aryl methyl sites for hydroxylation is 1. The Balaban J connectivity index is 1.73. The standard InChI is InChI=1S/C20H21N5O4/c1-13-20(14(2)24(23-13)15-7-5-4-6-8-15)22-19(26)12-21-17-11-16(25(27)28)9-10-18(17)29-3/h4-11,21H,12H2,1-3H3,(H,22,26). The number of hydrogen-bond donors (Lipinski definition) is 2. The highest BCUT2D eigenvalue weighted by Gasteiger charge is 2.16. The molecule has 0 bridgehead atoms. The van der Waals surface area contributed by atoms with Gasteiger partial charge >= 0.3 is 0 Å². The fourth-order valence-corrected chi connectivity index (χ4v) is 2.95. The number of hydrogen-bond acceptors (Lipinski definition) is 6. The molecule has 2 aromatic carbocycles. The lowest BCUT2D eigenvalue weighted by Gasteiger charge is -2.11. The Hall–Kier alpha value is -3.88. The van der Waals surface area contributed by atoms with Crippen molar-refractivity contribution in [3.8, 4) is 11.4 Å². The number of para-hydroxylation sites is 1. The minimum absolute atomic E-state index is 0.0904. The summed E-state index contributed by atoms with van der Waals surface area (Å²) in [5.74, 6) is 0.102. The van der Waals surface area contributed by atoms with Crippen molar-refractivity contribution >= 4 is 23.0 Å². The van der Waals surface area contributed by atoms with Crippen molar-refractivity contribution in [2.45, 2.75) is 13.8 Å². The van der Waals surface area contributed by atoms with Gasteiger partial charge in [0.25, 0.3) is 5.69 Å². The summed E-state index contributed by atoms with van der Waals surface area (Å²) in [6, 6.07) is 13.8. The van der Waals surface area contributed by atoms with E-state index in [-0.39, 0.29) is 18.1 Å². The average Bonchev–Trinajstić information content (AvgIpc) is 3.00. The summed E-state index contributed by atoms with van der Waals surface area (Å²) in [5, 5.41) is 21.2. The third kappa shape index (κ3) is 4.34. The maximum absolute atomic E-state index is 12.5. The van der Waals surface area contributed by atoms with E-state index in [0.29, 0.717) is 22.8 Å². The van der Waals surface area contributed by atoms with Crippen molar-refractivity contribution in [1.82, 2.24) is 9.78 Å². The number of rotatable bonds is 7. The minimum atomic E-state index is -0.505. The van der Waals surface area contributed by atoms with E-state index < -0.39 is 4.92 Å². The molecule has 1 heterocycles. The van der Waals surface area contributed by atoms with Crippen LogP contribution in [0.4, 0.5) is 17.1 Å². The summed E-state index contributed by atoms with van der Waals surface area (Å²) < 4.78 is 6.96. The number of anilines is 2. The Morgan fingerprint density at radius 1 is 1.21 bits per heavy atom. The normalized spacial score (nSPS) is 10.4. The van der Waals surface area contributed by atoms with Crippen LogP contribution in [0, 0.1) is 24.0 Å². The molecule has 0 fully saturated rings. The first kappa shape index (κ1) is 19.9. The quantitative estimate of drug-likeness (QED) is 0.468. The summed E-state index contributed by atoms with van der Waals surface area (Å²) in [5.41, 5.74) is 3.29. The molecule has 150 valence electrons. The van der Waals surface area contributed by atoms with Gasteiger partial charge in [-0.15, -0.1) is 0 Å². The molecular formula is C20H21N5O4. The van der Waals surface area contributed by atoms with Gasteiger partial charge < -0.3 is 15.4 Å². The Kier molecular flexibility index (Phi) is 5.77. The van der Waals surface area contributed by atoms with E-state index in [2.05, 4.69) is 15.7 Å². The van der Waals surface area contributed by atoms with Gasteiger partial charge in [0.05, 0.1) is 47.0 Å². The van der Waals surface area contributed by atoms with Crippen LogP contribution in [0.15, 0.2) is 48.5 Å². The second-order valence-electron chi connectivity index (χ2n) is 6.34. The number of amides is 1. The molecule has 2 N–H and O–H groups in total. The molecule has 0 spiro atoms. The van der Waals surface area contributed by atoms with E-state index in [1.807, 2.05) is 44.2 Å². The number of nitro benzene ring substituents is 1. The molecule has 29 heavy (non-hydrogen) atoms. The van der Waals surface area contributed by atoms with Crippen molar-refractivity contribution in [3.63, 3.8) is 0 Å². The predicted molar refractivity (Wildman–Crippen MR) is 110 cm³/mol. The van der Waals surface area contributed by atoms with E-state index in [9.17, 15) is 14.9 Å². The Bertz CT molecular complexity index is 1050. The SMILES string of the molecule is COc1ccc([N+](=O)[O-])cc1NCC(=O)Nc1c(C)nn(-c2ccccc2)c1C. The third-order valence-electron chi connectivity index (χ3n) is 4.39. The molecule has 0 saturated heterocycles. The average molecular weight is 395 g/mol. The van der Waals surface area contributed by atoms with Crippen molar-refractivity contribution in [2.75, 3.05) is 24.3 Å². The van der Waals surface area contributed by atoms with E-state index in [1.165, 1.54) is 25.3 Å². The molecule has 9 nitrogen and oxygen atoms in total. The third-order valence-corrected chi connectivity index (χ3v) is 4.39. The van der Waals surface area contributed by atoms with Gasteiger partial charge in [0, 0.05) is 12.1 Å². The van der Waals surface area contributed by atoms with Crippen molar-refractivity contribution < 1.29 is 14.5 Å². The molecule has 0 aliphatic carbocycles. The topological polar surface area (TPSA) is 111 Å². The second-order valence-corrected chi connectivity index (χ2v) is 6.34. The fourth-order valence-electron chi connectivity index (χ4n) is 2.95. The number of carbonyl (C=O) groups excluding carboxylic acids is 1. The number of carbonyl (C=O) groups is 1. The van der Waals surface area contributed by atoms with Gasteiger partial charge in [0.2, 0.25) is 5.91 Å². The number of nitrogens with zero attached hydrogens (tertiary/aromatic N) is 3. The first-order valence-corrected chi connectivity index (χ1v) is 8.88. The Labute approximate surface area is 167 Å². The lowest BCUT2D eigenvalue weighted by molar-refractivity contribution is -0.384. The van der Waals surface area contributed by atoms with E-state index in [0.717, 1.165) is 11.4 Å². The highest BCUT2D eigenvalue weighted by molar-refractivity contribution is 5.95. The van der Waals surface area contributed by atoms with Gasteiger partial charge in [0.15, 0.2) is 0 Å². The van der Waals surface area contributed by atoms with Gasteiger partial charge in [-0.3, -0.25) is 14.9 Å². The lowest BCUT2D eigenvalue weighted by atomic mass is 10.2. The Morgan fingerprint density at radius 3 is 2.59 bits per heavy atom. The molecule has 9 heteroatoms. The van der Waals surface area contributed by atoms with Crippen LogP contribution in [-0.4, -0.2) is 34.3 Å². The summed E-state index contributed by atoms with van der Waals surface area (Å²) in [6.07, 6.45) is 0. The monoisotopic (exact) mass is 395 g/mol. The van der Waals surface area contributed by atoms with Gasteiger partial charge in [-0.25, -0.2) is 4.68 Å². The van der Waals surface area contributed by atoms with E-state index in [1.54, 1.807) is 4.68 Å². The van der Waals surface area contributed by atoms with Crippen molar-refractivity contribution in [1.29, 1.82) is 0 Å². The maximum Gasteiger partial charge on any atom is 0.271 e. The van der Waals surface area contributed by atoms with Crippen molar-refractivity contribution in [2.24, 2.45) is 0 Å². The van der Waals surface area contributed by atoms with Crippen LogP contribution in [0.2, 0.25) is 0 Å². The highest BCUT2D eigenvalue weighted by Crippen LogP contribution is 2.29. The number of nitrogens with one attached hydrogen (secondary N) is 2. The number of benzene rings is 2. The maximum atomic E-state index is 12.5. The molecule has 0 saturated carbocycles. The van der Waals surface area contributed by atoms with E-state index in [4.69, 9.17) is 4.74 Å².